The van der Waals surface area contributed by atoms with E-state index in [-0.39, 0.29) is 23.1 Å². The summed E-state index contributed by atoms with van der Waals surface area (Å²) in [6.45, 7) is 8.34. The predicted molar refractivity (Wildman–Crippen MR) is 86.1 cm³/mol. The van der Waals surface area contributed by atoms with E-state index < -0.39 is 12.6 Å². The minimum atomic E-state index is -4.04. The molecule has 0 aromatic carbocycles. The first-order chi connectivity index (χ1) is 10.1. The Hall–Kier alpha value is -0.390. The summed E-state index contributed by atoms with van der Waals surface area (Å²) in [5, 5.41) is 0. The van der Waals surface area contributed by atoms with E-state index in [4.69, 9.17) is 4.74 Å². The maximum absolute atomic E-state index is 12.1. The highest BCUT2D eigenvalue weighted by molar-refractivity contribution is 8.00. The molecule has 1 unspecified atom stereocenters. The molecule has 0 N–H and O–H groups in total. The van der Waals surface area contributed by atoms with Crippen molar-refractivity contribution in [3.8, 4) is 0 Å². The lowest BCUT2D eigenvalue weighted by atomic mass is 10.0. The van der Waals surface area contributed by atoms with E-state index in [1.807, 2.05) is 27.7 Å². The lowest BCUT2D eigenvalue weighted by Gasteiger charge is -2.24. The van der Waals surface area contributed by atoms with Crippen LogP contribution < -0.4 is 0 Å². The molecule has 0 saturated carbocycles. The van der Waals surface area contributed by atoms with Crippen molar-refractivity contribution in [3.05, 3.63) is 0 Å². The van der Waals surface area contributed by atoms with Crippen LogP contribution >= 0.6 is 11.8 Å². The number of hydrogen-bond donors (Lipinski definition) is 0. The first-order valence-electron chi connectivity index (χ1n) is 7.92. The molecule has 0 bridgehead atoms. The van der Waals surface area contributed by atoms with Crippen LogP contribution in [-0.4, -0.2) is 29.3 Å². The Morgan fingerprint density at radius 3 is 2.41 bits per heavy atom. The molecule has 2 nitrogen and oxygen atoms in total. The fourth-order valence-corrected chi connectivity index (χ4v) is 3.12. The zero-order valence-corrected chi connectivity index (χ0v) is 14.9. The molecule has 132 valence electrons. The first-order valence-corrected chi connectivity index (χ1v) is 8.90. The minimum absolute atomic E-state index is 0.158. The van der Waals surface area contributed by atoms with Crippen LogP contribution in [0.1, 0.15) is 66.2 Å². The summed E-state index contributed by atoms with van der Waals surface area (Å²) in [6, 6.07) is 0. The van der Waals surface area contributed by atoms with E-state index in [1.165, 1.54) is 0 Å². The normalized spacial score (nSPS) is 14.0. The SMILES string of the molecule is CCCC(=O)OCC(C)(C)SCCC(C)CCCC(F)(F)F. The van der Waals surface area contributed by atoms with Crippen molar-refractivity contribution in [3.63, 3.8) is 0 Å². The van der Waals surface area contributed by atoms with Gasteiger partial charge in [-0.1, -0.05) is 20.3 Å². The van der Waals surface area contributed by atoms with Gasteiger partial charge in [0.2, 0.25) is 0 Å². The Kier molecular flexibility index (Phi) is 10.2. The fourth-order valence-electron chi connectivity index (χ4n) is 1.90. The van der Waals surface area contributed by atoms with Crippen LogP contribution in [0.5, 0.6) is 0 Å². The summed E-state index contributed by atoms with van der Waals surface area (Å²) in [6.07, 6.45) is -1.82. The van der Waals surface area contributed by atoms with Gasteiger partial charge in [-0.3, -0.25) is 4.79 Å². The molecule has 0 aliphatic heterocycles. The Morgan fingerprint density at radius 1 is 1.23 bits per heavy atom. The number of carbonyl (C=O) groups is 1. The summed E-state index contributed by atoms with van der Waals surface area (Å²) in [4.78, 5) is 11.3. The number of thioether (sulfide) groups is 1. The van der Waals surface area contributed by atoms with Gasteiger partial charge in [0.05, 0.1) is 0 Å². The molecule has 0 saturated heterocycles. The number of halogens is 3. The summed E-state index contributed by atoms with van der Waals surface area (Å²) < 4.78 is 41.3. The van der Waals surface area contributed by atoms with Crippen molar-refractivity contribution in [2.45, 2.75) is 77.1 Å². The summed E-state index contributed by atoms with van der Waals surface area (Å²) in [7, 11) is 0. The van der Waals surface area contributed by atoms with E-state index in [0.717, 1.165) is 18.6 Å². The average molecular weight is 342 g/mol. The Balaban J connectivity index is 3.80. The molecule has 22 heavy (non-hydrogen) atoms. The standard InChI is InChI=1S/C16H29F3O2S/c1-5-7-14(20)21-12-15(3,4)22-11-9-13(2)8-6-10-16(17,18)19/h13H,5-12H2,1-4H3. The predicted octanol–water partition coefficient (Wildman–Crippen LogP) is 5.60. The van der Waals surface area contributed by atoms with E-state index in [2.05, 4.69) is 0 Å². The smallest absolute Gasteiger partial charge is 0.389 e. The van der Waals surface area contributed by atoms with E-state index in [9.17, 15) is 18.0 Å². The Bertz CT molecular complexity index is 317. The fraction of sp³-hybridized carbons (Fsp3) is 0.938. The average Bonchev–Trinajstić information content (AvgIpc) is 2.35. The molecule has 6 heteroatoms. The van der Waals surface area contributed by atoms with Gasteiger partial charge in [-0.05, 0) is 44.8 Å². The molecule has 0 radical (unpaired) electrons. The van der Waals surface area contributed by atoms with Crippen LogP contribution in [0.25, 0.3) is 0 Å². The van der Waals surface area contributed by atoms with Crippen LogP contribution in [0.3, 0.4) is 0 Å². The molecule has 0 aliphatic rings. The van der Waals surface area contributed by atoms with Crippen molar-refractivity contribution < 1.29 is 22.7 Å². The number of alkyl halides is 3. The lowest BCUT2D eigenvalue weighted by Crippen LogP contribution is -2.25. The van der Waals surface area contributed by atoms with Crippen LogP contribution in [0.4, 0.5) is 13.2 Å². The number of carbonyl (C=O) groups excluding carboxylic acids is 1. The third-order valence-corrected chi connectivity index (χ3v) is 4.63. The zero-order chi connectivity index (χ0) is 17.2. The van der Waals surface area contributed by atoms with Gasteiger partial charge in [0.15, 0.2) is 0 Å². The molecule has 0 spiro atoms. The molecule has 1 atom stereocenters. The third kappa shape index (κ3) is 13.3. The highest BCUT2D eigenvalue weighted by Gasteiger charge is 2.26. The molecule has 0 rings (SSSR count). The van der Waals surface area contributed by atoms with Gasteiger partial charge in [0, 0.05) is 17.6 Å². The van der Waals surface area contributed by atoms with Gasteiger partial charge in [0.1, 0.15) is 6.61 Å². The van der Waals surface area contributed by atoms with Crippen LogP contribution in [0, 0.1) is 5.92 Å². The highest BCUT2D eigenvalue weighted by Crippen LogP contribution is 2.29. The van der Waals surface area contributed by atoms with Crippen LogP contribution in [0.15, 0.2) is 0 Å². The molecule has 0 aliphatic carbocycles. The zero-order valence-electron chi connectivity index (χ0n) is 14.1. The minimum Gasteiger partial charge on any atom is -0.464 e. The molecule has 0 heterocycles. The van der Waals surface area contributed by atoms with E-state index >= 15 is 0 Å². The molecule has 0 aromatic rings. The maximum Gasteiger partial charge on any atom is 0.389 e. The van der Waals surface area contributed by atoms with Crippen molar-refractivity contribution in [1.82, 2.24) is 0 Å². The second-order valence-corrected chi connectivity index (χ2v) is 8.22. The quantitative estimate of drug-likeness (QED) is 0.457. The summed E-state index contributed by atoms with van der Waals surface area (Å²) in [5.74, 6) is 0.982. The van der Waals surface area contributed by atoms with Gasteiger partial charge in [-0.25, -0.2) is 0 Å². The third-order valence-electron chi connectivity index (χ3n) is 3.30. The topological polar surface area (TPSA) is 26.3 Å². The molecule has 0 fully saturated rings. The first kappa shape index (κ1) is 21.6. The van der Waals surface area contributed by atoms with Crippen molar-refractivity contribution in [1.29, 1.82) is 0 Å². The molecule has 0 amide bonds. The van der Waals surface area contributed by atoms with Crippen LogP contribution in [0.2, 0.25) is 0 Å². The van der Waals surface area contributed by atoms with Gasteiger partial charge in [-0.2, -0.15) is 24.9 Å². The number of hydrogen-bond acceptors (Lipinski definition) is 3. The second kappa shape index (κ2) is 10.4. The summed E-state index contributed by atoms with van der Waals surface area (Å²) in [5.41, 5.74) is 0. The van der Waals surface area contributed by atoms with Crippen molar-refractivity contribution in [2.75, 3.05) is 12.4 Å². The maximum atomic E-state index is 12.1. The second-order valence-electron chi connectivity index (χ2n) is 6.42. The Labute approximate surface area is 136 Å². The van der Waals surface area contributed by atoms with E-state index in [1.54, 1.807) is 11.8 Å². The monoisotopic (exact) mass is 342 g/mol. The highest BCUT2D eigenvalue weighted by atomic mass is 32.2. The number of ether oxygens (including phenoxy) is 1. The molecule has 0 aromatic heterocycles. The van der Waals surface area contributed by atoms with Crippen molar-refractivity contribution in [2.24, 2.45) is 5.92 Å². The Morgan fingerprint density at radius 2 is 1.86 bits per heavy atom. The van der Waals surface area contributed by atoms with Gasteiger partial charge < -0.3 is 4.74 Å². The lowest BCUT2D eigenvalue weighted by molar-refractivity contribution is -0.144. The van der Waals surface area contributed by atoms with Gasteiger partial charge in [-0.15, -0.1) is 0 Å². The number of esters is 1. The van der Waals surface area contributed by atoms with Crippen LogP contribution in [-0.2, 0) is 9.53 Å². The summed E-state index contributed by atoms with van der Waals surface area (Å²) >= 11 is 1.71. The van der Waals surface area contributed by atoms with E-state index in [0.29, 0.717) is 19.4 Å². The molecular formula is C16H29F3O2S. The largest absolute Gasteiger partial charge is 0.464 e. The molecular weight excluding hydrogens is 313 g/mol. The van der Waals surface area contributed by atoms with Gasteiger partial charge in [0.25, 0.3) is 0 Å². The number of rotatable bonds is 11. The van der Waals surface area contributed by atoms with Gasteiger partial charge >= 0.3 is 12.1 Å². The van der Waals surface area contributed by atoms with Crippen molar-refractivity contribution >= 4 is 17.7 Å².